The molecule has 0 bridgehead atoms. The van der Waals surface area contributed by atoms with Gasteiger partial charge >= 0.3 is 6.18 Å². The molecule has 53 valence electrons. The fourth-order valence-corrected chi connectivity index (χ4v) is 0.681. The lowest BCUT2D eigenvalue weighted by atomic mass is 10.2. The van der Waals surface area contributed by atoms with Crippen LogP contribution in [0, 0.1) is 12.3 Å². The highest BCUT2D eigenvalue weighted by atomic mass is 19.4. The van der Waals surface area contributed by atoms with Crippen LogP contribution in [0.2, 0.25) is 0 Å². The molecule has 0 aromatic heterocycles. The lowest BCUT2D eigenvalue weighted by Crippen LogP contribution is -2.06. The maximum absolute atomic E-state index is 11.4. The third-order valence-electron chi connectivity index (χ3n) is 1.37. The van der Waals surface area contributed by atoms with E-state index in [0.717, 1.165) is 6.42 Å². The van der Waals surface area contributed by atoms with Crippen LogP contribution in [0.4, 0.5) is 13.2 Å². The Labute approximate surface area is 52.1 Å². The number of halogens is 3. The molecule has 0 saturated heterocycles. The van der Waals surface area contributed by atoms with Crippen molar-refractivity contribution in [3.8, 4) is 0 Å². The SMILES string of the molecule is FC(F)(F)CCC1[CH]C1. The van der Waals surface area contributed by atoms with Crippen LogP contribution in [0.5, 0.6) is 0 Å². The van der Waals surface area contributed by atoms with Crippen LogP contribution in [0.15, 0.2) is 0 Å². The van der Waals surface area contributed by atoms with Gasteiger partial charge in [-0.05, 0) is 25.2 Å². The molecule has 1 rings (SSSR count). The van der Waals surface area contributed by atoms with Gasteiger partial charge in [-0.25, -0.2) is 0 Å². The first kappa shape index (κ1) is 6.90. The van der Waals surface area contributed by atoms with E-state index in [9.17, 15) is 13.2 Å². The van der Waals surface area contributed by atoms with Crippen LogP contribution in [0.3, 0.4) is 0 Å². The normalized spacial score (nSPS) is 20.3. The first-order valence-corrected chi connectivity index (χ1v) is 2.98. The zero-order chi connectivity index (χ0) is 6.91. The fourth-order valence-electron chi connectivity index (χ4n) is 0.681. The molecule has 3 heteroatoms. The largest absolute Gasteiger partial charge is 0.389 e. The fraction of sp³-hybridized carbons (Fsp3) is 0.833. The molecule has 0 amide bonds. The second-order valence-corrected chi connectivity index (χ2v) is 2.39. The van der Waals surface area contributed by atoms with Gasteiger partial charge in [0.1, 0.15) is 0 Å². The van der Waals surface area contributed by atoms with E-state index in [0.29, 0.717) is 6.42 Å². The zero-order valence-corrected chi connectivity index (χ0v) is 4.91. The van der Waals surface area contributed by atoms with Crippen molar-refractivity contribution in [1.82, 2.24) is 0 Å². The lowest BCUT2D eigenvalue weighted by Gasteiger charge is -2.02. The molecule has 1 aliphatic carbocycles. The van der Waals surface area contributed by atoms with Crippen LogP contribution in [-0.2, 0) is 0 Å². The summed E-state index contributed by atoms with van der Waals surface area (Å²) in [5.74, 6) is 0.270. The van der Waals surface area contributed by atoms with Crippen molar-refractivity contribution < 1.29 is 13.2 Å². The van der Waals surface area contributed by atoms with E-state index >= 15 is 0 Å². The van der Waals surface area contributed by atoms with E-state index in [1.54, 1.807) is 0 Å². The van der Waals surface area contributed by atoms with Crippen LogP contribution < -0.4 is 0 Å². The summed E-state index contributed by atoms with van der Waals surface area (Å²) in [5, 5.41) is 0. The summed E-state index contributed by atoms with van der Waals surface area (Å²) in [4.78, 5) is 0. The summed E-state index contributed by atoms with van der Waals surface area (Å²) in [6, 6.07) is 0. The number of rotatable bonds is 2. The minimum absolute atomic E-state index is 0.270. The second kappa shape index (κ2) is 2.20. The van der Waals surface area contributed by atoms with Gasteiger partial charge in [-0.15, -0.1) is 0 Å². The molecule has 1 unspecified atom stereocenters. The van der Waals surface area contributed by atoms with Crippen LogP contribution >= 0.6 is 0 Å². The summed E-state index contributed by atoms with van der Waals surface area (Å²) in [6.07, 6.45) is -1.48. The first-order chi connectivity index (χ1) is 4.08. The smallest absolute Gasteiger partial charge is 0.171 e. The molecule has 0 nitrogen and oxygen atoms in total. The average molecular weight is 137 g/mol. The van der Waals surface area contributed by atoms with E-state index in [4.69, 9.17) is 0 Å². The molecule has 1 fully saturated rings. The Morgan fingerprint density at radius 2 is 2.00 bits per heavy atom. The molecular formula is C6H8F3. The van der Waals surface area contributed by atoms with E-state index in [1.807, 2.05) is 6.42 Å². The number of hydrogen-bond donors (Lipinski definition) is 0. The molecule has 0 aromatic rings. The topological polar surface area (TPSA) is 0 Å². The third-order valence-corrected chi connectivity index (χ3v) is 1.37. The lowest BCUT2D eigenvalue weighted by molar-refractivity contribution is -0.136. The van der Waals surface area contributed by atoms with Gasteiger partial charge in [-0.3, -0.25) is 0 Å². The minimum Gasteiger partial charge on any atom is -0.171 e. The Morgan fingerprint density at radius 3 is 2.33 bits per heavy atom. The van der Waals surface area contributed by atoms with E-state index in [2.05, 4.69) is 0 Å². The molecule has 1 aliphatic rings. The highest BCUT2D eigenvalue weighted by Crippen LogP contribution is 2.35. The highest BCUT2D eigenvalue weighted by Gasteiger charge is 2.31. The summed E-state index contributed by atoms with van der Waals surface area (Å²) in [5.41, 5.74) is 0. The standard InChI is InChI=1S/C6H8F3/c7-6(8,9)4-3-5-1-2-5/h1,5H,2-4H2. The van der Waals surface area contributed by atoms with Gasteiger partial charge in [0.15, 0.2) is 0 Å². The number of alkyl halides is 3. The summed E-state index contributed by atoms with van der Waals surface area (Å²) >= 11 is 0. The second-order valence-electron chi connectivity index (χ2n) is 2.39. The quantitative estimate of drug-likeness (QED) is 0.548. The Bertz CT molecular complexity index is 91.0. The van der Waals surface area contributed by atoms with Crippen molar-refractivity contribution in [2.75, 3.05) is 0 Å². The molecule has 9 heavy (non-hydrogen) atoms. The van der Waals surface area contributed by atoms with Crippen LogP contribution in [-0.4, -0.2) is 6.18 Å². The molecular weight excluding hydrogens is 129 g/mol. The van der Waals surface area contributed by atoms with Crippen molar-refractivity contribution in [2.45, 2.75) is 25.4 Å². The van der Waals surface area contributed by atoms with Crippen molar-refractivity contribution in [2.24, 2.45) is 5.92 Å². The minimum atomic E-state index is -3.95. The Balaban J connectivity index is 2.03. The van der Waals surface area contributed by atoms with E-state index < -0.39 is 12.6 Å². The molecule has 0 aliphatic heterocycles. The van der Waals surface area contributed by atoms with Gasteiger partial charge in [0.25, 0.3) is 0 Å². The Kier molecular flexibility index (Phi) is 1.68. The van der Waals surface area contributed by atoms with Gasteiger partial charge in [0, 0.05) is 6.42 Å². The van der Waals surface area contributed by atoms with Gasteiger partial charge in [0.2, 0.25) is 0 Å². The first-order valence-electron chi connectivity index (χ1n) is 2.98. The molecule has 0 spiro atoms. The van der Waals surface area contributed by atoms with E-state index in [-0.39, 0.29) is 5.92 Å². The van der Waals surface area contributed by atoms with Gasteiger partial charge < -0.3 is 0 Å². The molecule has 1 atom stereocenters. The third kappa shape index (κ3) is 3.38. The maximum atomic E-state index is 11.4. The van der Waals surface area contributed by atoms with Crippen molar-refractivity contribution in [3.05, 3.63) is 6.42 Å². The molecule has 0 heterocycles. The molecule has 0 aromatic carbocycles. The highest BCUT2D eigenvalue weighted by molar-refractivity contribution is 4.94. The van der Waals surface area contributed by atoms with Crippen molar-refractivity contribution in [3.63, 3.8) is 0 Å². The van der Waals surface area contributed by atoms with Crippen molar-refractivity contribution in [1.29, 1.82) is 0 Å². The molecule has 0 N–H and O–H groups in total. The van der Waals surface area contributed by atoms with Gasteiger partial charge in [0.05, 0.1) is 0 Å². The Hall–Kier alpha value is -0.210. The zero-order valence-electron chi connectivity index (χ0n) is 4.91. The molecule has 1 radical (unpaired) electrons. The maximum Gasteiger partial charge on any atom is 0.389 e. The van der Waals surface area contributed by atoms with Crippen LogP contribution in [0.25, 0.3) is 0 Å². The molecule has 1 saturated carbocycles. The van der Waals surface area contributed by atoms with Crippen molar-refractivity contribution >= 4 is 0 Å². The Morgan fingerprint density at radius 1 is 1.44 bits per heavy atom. The average Bonchev–Trinajstić information content (AvgIpc) is 2.38. The summed E-state index contributed by atoms with van der Waals surface area (Å²) < 4.78 is 34.3. The van der Waals surface area contributed by atoms with E-state index in [1.165, 1.54) is 0 Å². The number of hydrogen-bond acceptors (Lipinski definition) is 0. The van der Waals surface area contributed by atoms with Gasteiger partial charge in [-0.2, -0.15) is 13.2 Å². The summed E-state index contributed by atoms with van der Waals surface area (Å²) in [7, 11) is 0. The monoisotopic (exact) mass is 137 g/mol. The predicted molar refractivity (Wildman–Crippen MR) is 27.7 cm³/mol. The summed E-state index contributed by atoms with van der Waals surface area (Å²) in [6.45, 7) is 0. The van der Waals surface area contributed by atoms with Gasteiger partial charge in [-0.1, -0.05) is 0 Å². The predicted octanol–water partition coefficient (Wildman–Crippen LogP) is 2.55. The van der Waals surface area contributed by atoms with Crippen LogP contribution in [0.1, 0.15) is 19.3 Å².